The van der Waals surface area contributed by atoms with Crippen LogP contribution in [0.25, 0.3) is 10.2 Å². The van der Waals surface area contributed by atoms with Gasteiger partial charge in [-0.2, -0.15) is 0 Å². The van der Waals surface area contributed by atoms with Crippen molar-refractivity contribution in [1.82, 2.24) is 9.97 Å². The molecule has 3 rings (SSSR count). The Labute approximate surface area is 162 Å². The maximum absolute atomic E-state index is 12.7. The predicted octanol–water partition coefficient (Wildman–Crippen LogP) is 4.83. The topological polar surface area (TPSA) is 73.3 Å². The fourth-order valence-electron chi connectivity index (χ4n) is 2.66. The first kappa shape index (κ1) is 19.1. The standard InChI is InChI=1S/C20H23N3O3S/c1-4-6-11-26-15-9-7-14(8-10-15)23-18(24)17-13(3)16-19(25-5-2)21-12-22-20(16)27-17/h7-10,12H,4-6,11H2,1-3H3,(H,23,24). The molecular formula is C20H23N3O3S. The number of carbonyl (C=O) groups excluding carboxylic acids is 1. The summed E-state index contributed by atoms with van der Waals surface area (Å²) in [6.45, 7) is 7.13. The van der Waals surface area contributed by atoms with E-state index in [1.807, 2.05) is 38.1 Å². The lowest BCUT2D eigenvalue weighted by Crippen LogP contribution is -2.11. The van der Waals surface area contributed by atoms with Crippen molar-refractivity contribution < 1.29 is 14.3 Å². The molecule has 0 saturated heterocycles. The zero-order valence-electron chi connectivity index (χ0n) is 15.7. The number of nitrogens with one attached hydrogen (secondary N) is 1. The first-order chi connectivity index (χ1) is 13.1. The van der Waals surface area contributed by atoms with E-state index in [1.165, 1.54) is 17.7 Å². The van der Waals surface area contributed by atoms with Gasteiger partial charge in [-0.3, -0.25) is 4.79 Å². The summed E-state index contributed by atoms with van der Waals surface area (Å²) in [5, 5.41) is 3.73. The van der Waals surface area contributed by atoms with Crippen molar-refractivity contribution in [3.63, 3.8) is 0 Å². The number of rotatable bonds is 8. The van der Waals surface area contributed by atoms with Gasteiger partial charge in [0.1, 0.15) is 16.9 Å². The zero-order valence-corrected chi connectivity index (χ0v) is 16.6. The van der Waals surface area contributed by atoms with Crippen LogP contribution < -0.4 is 14.8 Å². The third-order valence-electron chi connectivity index (χ3n) is 4.06. The number of aryl methyl sites for hydroxylation is 1. The van der Waals surface area contributed by atoms with E-state index in [0.29, 0.717) is 24.0 Å². The Hall–Kier alpha value is -2.67. The van der Waals surface area contributed by atoms with Crippen molar-refractivity contribution >= 4 is 33.1 Å². The number of hydrogen-bond acceptors (Lipinski definition) is 6. The molecule has 0 aliphatic heterocycles. The van der Waals surface area contributed by atoms with Crippen molar-refractivity contribution in [2.45, 2.75) is 33.6 Å². The Balaban J connectivity index is 1.76. The van der Waals surface area contributed by atoms with Gasteiger partial charge in [-0.15, -0.1) is 11.3 Å². The van der Waals surface area contributed by atoms with E-state index in [0.717, 1.165) is 40.1 Å². The monoisotopic (exact) mass is 385 g/mol. The molecule has 0 unspecified atom stereocenters. The van der Waals surface area contributed by atoms with E-state index in [1.54, 1.807) is 0 Å². The fourth-order valence-corrected chi connectivity index (χ4v) is 3.69. The number of anilines is 1. The van der Waals surface area contributed by atoms with Crippen LogP contribution in [0.1, 0.15) is 41.9 Å². The fraction of sp³-hybridized carbons (Fsp3) is 0.350. The molecule has 1 aromatic carbocycles. The van der Waals surface area contributed by atoms with E-state index in [-0.39, 0.29) is 5.91 Å². The maximum atomic E-state index is 12.7. The summed E-state index contributed by atoms with van der Waals surface area (Å²) >= 11 is 1.34. The van der Waals surface area contributed by atoms with E-state index < -0.39 is 0 Å². The highest BCUT2D eigenvalue weighted by atomic mass is 32.1. The van der Waals surface area contributed by atoms with Crippen molar-refractivity contribution in [3.05, 3.63) is 41.0 Å². The molecule has 1 N–H and O–H groups in total. The van der Waals surface area contributed by atoms with Gasteiger partial charge in [0, 0.05) is 5.69 Å². The molecule has 0 aliphatic rings. The molecule has 3 aromatic rings. The summed E-state index contributed by atoms with van der Waals surface area (Å²) < 4.78 is 11.2. The lowest BCUT2D eigenvalue weighted by atomic mass is 10.2. The lowest BCUT2D eigenvalue weighted by Gasteiger charge is -2.08. The van der Waals surface area contributed by atoms with Crippen molar-refractivity contribution in [2.75, 3.05) is 18.5 Å². The minimum atomic E-state index is -0.169. The first-order valence-electron chi connectivity index (χ1n) is 9.05. The molecule has 2 aromatic heterocycles. The Kier molecular flexibility index (Phi) is 6.24. The van der Waals surface area contributed by atoms with Crippen LogP contribution >= 0.6 is 11.3 Å². The SMILES string of the molecule is CCCCOc1ccc(NC(=O)c2sc3ncnc(OCC)c3c2C)cc1. The second-order valence-corrected chi connectivity index (χ2v) is 7.03. The summed E-state index contributed by atoms with van der Waals surface area (Å²) in [5.74, 6) is 1.15. The highest BCUT2D eigenvalue weighted by Gasteiger charge is 2.20. The van der Waals surface area contributed by atoms with E-state index >= 15 is 0 Å². The van der Waals surface area contributed by atoms with Crippen LogP contribution in [-0.4, -0.2) is 29.1 Å². The molecule has 0 saturated carbocycles. The van der Waals surface area contributed by atoms with Crippen LogP contribution in [-0.2, 0) is 0 Å². The molecule has 2 heterocycles. The Bertz CT molecular complexity index is 922. The molecule has 0 spiro atoms. The number of aromatic nitrogens is 2. The van der Waals surface area contributed by atoms with Gasteiger partial charge in [0.05, 0.1) is 23.5 Å². The summed E-state index contributed by atoms with van der Waals surface area (Å²) in [6.07, 6.45) is 3.58. The largest absolute Gasteiger partial charge is 0.494 e. The first-order valence-corrected chi connectivity index (χ1v) is 9.86. The van der Waals surface area contributed by atoms with Gasteiger partial charge in [-0.05, 0) is 50.1 Å². The number of hydrogen-bond donors (Lipinski definition) is 1. The number of ether oxygens (including phenoxy) is 2. The summed E-state index contributed by atoms with van der Waals surface area (Å²) in [4.78, 5) is 22.6. The summed E-state index contributed by atoms with van der Waals surface area (Å²) in [5.41, 5.74) is 1.55. The van der Waals surface area contributed by atoms with Gasteiger partial charge in [-0.25, -0.2) is 9.97 Å². The minimum absolute atomic E-state index is 0.169. The number of nitrogens with zero attached hydrogens (tertiary/aromatic N) is 2. The van der Waals surface area contributed by atoms with Gasteiger partial charge in [0.25, 0.3) is 5.91 Å². The highest BCUT2D eigenvalue weighted by molar-refractivity contribution is 7.20. The highest BCUT2D eigenvalue weighted by Crippen LogP contribution is 2.34. The molecule has 7 heteroatoms. The lowest BCUT2D eigenvalue weighted by molar-refractivity contribution is 0.103. The molecule has 0 fully saturated rings. The molecule has 0 bridgehead atoms. The number of amides is 1. The van der Waals surface area contributed by atoms with Crippen molar-refractivity contribution in [2.24, 2.45) is 0 Å². The van der Waals surface area contributed by atoms with Crippen molar-refractivity contribution in [1.29, 1.82) is 0 Å². The summed E-state index contributed by atoms with van der Waals surface area (Å²) in [7, 11) is 0. The quantitative estimate of drug-likeness (QED) is 0.562. The normalized spacial score (nSPS) is 10.8. The average Bonchev–Trinajstić information content (AvgIpc) is 3.01. The third kappa shape index (κ3) is 4.36. The molecule has 27 heavy (non-hydrogen) atoms. The van der Waals surface area contributed by atoms with Crippen LogP contribution in [0.5, 0.6) is 11.6 Å². The summed E-state index contributed by atoms with van der Waals surface area (Å²) in [6, 6.07) is 7.41. The number of thiophene rings is 1. The van der Waals surface area contributed by atoms with Crippen LogP contribution in [0.15, 0.2) is 30.6 Å². The van der Waals surface area contributed by atoms with Crippen molar-refractivity contribution in [3.8, 4) is 11.6 Å². The predicted molar refractivity (Wildman–Crippen MR) is 108 cm³/mol. The van der Waals surface area contributed by atoms with Crippen LogP contribution in [0.2, 0.25) is 0 Å². The molecule has 142 valence electrons. The van der Waals surface area contributed by atoms with Gasteiger partial charge < -0.3 is 14.8 Å². The smallest absolute Gasteiger partial charge is 0.266 e. The van der Waals surface area contributed by atoms with Gasteiger partial charge >= 0.3 is 0 Å². The zero-order chi connectivity index (χ0) is 19.2. The van der Waals surface area contributed by atoms with E-state index in [9.17, 15) is 4.79 Å². The number of carbonyl (C=O) groups is 1. The molecule has 1 amide bonds. The third-order valence-corrected chi connectivity index (χ3v) is 5.26. The number of unbranched alkanes of at least 4 members (excludes halogenated alkanes) is 1. The van der Waals surface area contributed by atoms with Crippen LogP contribution in [0.3, 0.4) is 0 Å². The molecular weight excluding hydrogens is 362 g/mol. The molecule has 6 nitrogen and oxygen atoms in total. The van der Waals surface area contributed by atoms with Gasteiger partial charge in [0.2, 0.25) is 5.88 Å². The Morgan fingerprint density at radius 3 is 2.63 bits per heavy atom. The van der Waals surface area contributed by atoms with E-state index in [2.05, 4.69) is 22.2 Å². The minimum Gasteiger partial charge on any atom is -0.494 e. The van der Waals surface area contributed by atoms with Crippen LogP contribution in [0, 0.1) is 6.92 Å². The average molecular weight is 385 g/mol. The van der Waals surface area contributed by atoms with Gasteiger partial charge in [0.15, 0.2) is 0 Å². The second-order valence-electron chi connectivity index (χ2n) is 6.03. The van der Waals surface area contributed by atoms with E-state index in [4.69, 9.17) is 9.47 Å². The van der Waals surface area contributed by atoms with Crippen LogP contribution in [0.4, 0.5) is 5.69 Å². The molecule has 0 atom stereocenters. The molecule has 0 aliphatic carbocycles. The molecule has 0 radical (unpaired) electrons. The number of benzene rings is 1. The second kappa shape index (κ2) is 8.81. The maximum Gasteiger partial charge on any atom is 0.266 e. The number of fused-ring (bicyclic) bond motifs is 1. The van der Waals surface area contributed by atoms with Gasteiger partial charge in [-0.1, -0.05) is 13.3 Å². The Morgan fingerprint density at radius 2 is 1.93 bits per heavy atom. The Morgan fingerprint density at radius 1 is 1.15 bits per heavy atom.